The number of carbonyl (C=O) groups is 1. The first-order valence-corrected chi connectivity index (χ1v) is 14.7. The van der Waals surface area contributed by atoms with Gasteiger partial charge in [-0.05, 0) is 77.8 Å². The molecule has 3 aromatic rings. The second-order valence-corrected chi connectivity index (χ2v) is 11.7. The molecule has 4 N–H and O–H groups in total. The van der Waals surface area contributed by atoms with Crippen molar-refractivity contribution in [3.05, 3.63) is 71.3 Å². The van der Waals surface area contributed by atoms with Gasteiger partial charge in [0.2, 0.25) is 0 Å². The van der Waals surface area contributed by atoms with Gasteiger partial charge in [-0.15, -0.1) is 0 Å². The van der Waals surface area contributed by atoms with Gasteiger partial charge in [-0.1, -0.05) is 39.8 Å². The standard InChI is InChI=1S/C34H46N4O4/c1-22(2)28-18-25(35)19-29(23(3)4)32(28)37-33(39)36-21-34(24-9-8-10-26(17-24)40-5)13-15-38(16-14-34)30-20-27(41-6)11-12-31(30)42-7/h8-12,17-20,22-23H,13-16,21,35H2,1-7H3,(H2,36,37,39). The summed E-state index contributed by atoms with van der Waals surface area (Å²) in [6, 6.07) is 17.8. The molecule has 226 valence electrons. The number of hydrogen-bond acceptors (Lipinski definition) is 6. The Morgan fingerprint density at radius 3 is 2.07 bits per heavy atom. The van der Waals surface area contributed by atoms with Crippen molar-refractivity contribution in [2.45, 2.75) is 57.8 Å². The molecule has 42 heavy (non-hydrogen) atoms. The van der Waals surface area contributed by atoms with Crippen molar-refractivity contribution in [3.8, 4) is 17.2 Å². The summed E-state index contributed by atoms with van der Waals surface area (Å²) in [5.41, 5.74) is 11.7. The molecule has 0 saturated carbocycles. The Labute approximate surface area is 250 Å². The quantitative estimate of drug-likeness (QED) is 0.228. The van der Waals surface area contributed by atoms with E-state index in [1.807, 2.05) is 42.5 Å². The maximum Gasteiger partial charge on any atom is 0.319 e. The number of amides is 2. The SMILES string of the molecule is COc1cccc(C2(CNC(=O)Nc3c(C(C)C)cc(N)cc3C(C)C)CCN(c3cc(OC)ccc3OC)CC2)c1. The lowest BCUT2D eigenvalue weighted by atomic mass is 9.72. The third-order valence-corrected chi connectivity index (χ3v) is 8.42. The highest BCUT2D eigenvalue weighted by atomic mass is 16.5. The van der Waals surface area contributed by atoms with Crippen LogP contribution in [0.3, 0.4) is 0 Å². The first kappa shape index (κ1) is 30.9. The highest BCUT2D eigenvalue weighted by Crippen LogP contribution is 2.41. The van der Waals surface area contributed by atoms with Gasteiger partial charge in [-0.25, -0.2) is 4.79 Å². The van der Waals surface area contributed by atoms with E-state index < -0.39 is 0 Å². The normalized spacial score (nSPS) is 14.5. The van der Waals surface area contributed by atoms with Crippen molar-refractivity contribution in [3.63, 3.8) is 0 Å². The molecule has 0 aromatic heterocycles. The fraction of sp³-hybridized carbons (Fsp3) is 0.441. The fourth-order valence-electron chi connectivity index (χ4n) is 5.91. The van der Waals surface area contributed by atoms with Crippen molar-refractivity contribution < 1.29 is 19.0 Å². The molecule has 1 aliphatic rings. The number of anilines is 3. The van der Waals surface area contributed by atoms with E-state index in [2.05, 4.69) is 55.4 Å². The average molecular weight is 575 g/mol. The van der Waals surface area contributed by atoms with Gasteiger partial charge in [0.25, 0.3) is 0 Å². The minimum Gasteiger partial charge on any atom is -0.497 e. The number of piperidine rings is 1. The zero-order chi connectivity index (χ0) is 30.4. The second-order valence-electron chi connectivity index (χ2n) is 11.7. The number of nitrogens with zero attached hydrogens (tertiary/aromatic N) is 1. The summed E-state index contributed by atoms with van der Waals surface area (Å²) in [6.45, 7) is 10.5. The number of hydrogen-bond donors (Lipinski definition) is 3. The Hall–Kier alpha value is -4.07. The van der Waals surface area contributed by atoms with Crippen LogP contribution in [0.2, 0.25) is 0 Å². The zero-order valence-electron chi connectivity index (χ0n) is 26.0. The van der Waals surface area contributed by atoms with E-state index in [-0.39, 0.29) is 23.3 Å². The second kappa shape index (κ2) is 13.3. The van der Waals surface area contributed by atoms with Gasteiger partial charge in [-0.3, -0.25) is 0 Å². The highest BCUT2D eigenvalue weighted by Gasteiger charge is 2.38. The molecule has 8 heteroatoms. The maximum atomic E-state index is 13.5. The van der Waals surface area contributed by atoms with Gasteiger partial charge in [0.15, 0.2) is 0 Å². The number of carbonyl (C=O) groups excluding carboxylic acids is 1. The highest BCUT2D eigenvalue weighted by molar-refractivity contribution is 5.92. The zero-order valence-corrected chi connectivity index (χ0v) is 26.0. The minimum atomic E-state index is -0.280. The summed E-state index contributed by atoms with van der Waals surface area (Å²) >= 11 is 0. The van der Waals surface area contributed by atoms with Crippen LogP contribution in [0.5, 0.6) is 17.2 Å². The number of urea groups is 1. The Kier molecular flexibility index (Phi) is 9.76. The van der Waals surface area contributed by atoms with Crippen LogP contribution >= 0.6 is 0 Å². The van der Waals surface area contributed by atoms with Crippen molar-refractivity contribution in [1.29, 1.82) is 0 Å². The number of nitrogen functional groups attached to an aromatic ring is 1. The van der Waals surface area contributed by atoms with E-state index in [1.54, 1.807) is 21.3 Å². The molecular weight excluding hydrogens is 528 g/mol. The van der Waals surface area contributed by atoms with E-state index >= 15 is 0 Å². The van der Waals surface area contributed by atoms with Crippen molar-refractivity contribution in [1.82, 2.24) is 5.32 Å². The first-order valence-electron chi connectivity index (χ1n) is 14.7. The predicted octanol–water partition coefficient (Wildman–Crippen LogP) is 6.90. The monoisotopic (exact) mass is 574 g/mol. The maximum absolute atomic E-state index is 13.5. The number of nitrogens with two attached hydrogens (primary N) is 1. The van der Waals surface area contributed by atoms with Crippen LogP contribution in [0.1, 0.15) is 69.1 Å². The number of benzene rings is 3. The molecule has 0 atom stereocenters. The van der Waals surface area contributed by atoms with Gasteiger partial charge in [0, 0.05) is 42.5 Å². The Morgan fingerprint density at radius 2 is 1.50 bits per heavy atom. The summed E-state index contributed by atoms with van der Waals surface area (Å²) in [7, 11) is 5.04. The van der Waals surface area contributed by atoms with E-state index in [4.69, 9.17) is 19.9 Å². The topological polar surface area (TPSA) is 98.1 Å². The Bertz CT molecular complexity index is 1350. The largest absolute Gasteiger partial charge is 0.497 e. The molecule has 4 rings (SSSR count). The number of ether oxygens (including phenoxy) is 3. The van der Waals surface area contributed by atoms with Crippen LogP contribution in [0, 0.1) is 0 Å². The van der Waals surface area contributed by atoms with Crippen LogP contribution in [-0.2, 0) is 5.41 Å². The molecule has 1 saturated heterocycles. The van der Waals surface area contributed by atoms with E-state index in [1.165, 1.54) is 0 Å². The van der Waals surface area contributed by atoms with Crippen LogP contribution < -0.4 is 35.5 Å². The van der Waals surface area contributed by atoms with Gasteiger partial charge < -0.3 is 35.5 Å². The van der Waals surface area contributed by atoms with Crippen molar-refractivity contribution in [2.75, 3.05) is 56.9 Å². The van der Waals surface area contributed by atoms with Crippen LogP contribution in [0.25, 0.3) is 0 Å². The van der Waals surface area contributed by atoms with Gasteiger partial charge >= 0.3 is 6.03 Å². The first-order chi connectivity index (χ1) is 20.1. The molecule has 0 unspecified atom stereocenters. The van der Waals surface area contributed by atoms with Crippen LogP contribution in [0.4, 0.5) is 21.9 Å². The van der Waals surface area contributed by atoms with Crippen LogP contribution in [-0.4, -0.2) is 47.0 Å². The summed E-state index contributed by atoms with van der Waals surface area (Å²) < 4.78 is 16.7. The molecule has 3 aromatic carbocycles. The smallest absolute Gasteiger partial charge is 0.319 e. The lowest BCUT2D eigenvalue weighted by molar-refractivity contribution is 0.244. The molecular formula is C34H46N4O4. The summed E-state index contributed by atoms with van der Waals surface area (Å²) in [6.07, 6.45) is 1.66. The van der Waals surface area contributed by atoms with Crippen LogP contribution in [0.15, 0.2) is 54.6 Å². The van der Waals surface area contributed by atoms with E-state index in [0.717, 1.165) is 71.2 Å². The number of rotatable bonds is 10. The molecule has 1 heterocycles. The summed E-state index contributed by atoms with van der Waals surface area (Å²) in [5.74, 6) is 2.83. The van der Waals surface area contributed by atoms with Crippen molar-refractivity contribution >= 4 is 23.1 Å². The molecule has 1 fully saturated rings. The molecule has 0 radical (unpaired) electrons. The van der Waals surface area contributed by atoms with Gasteiger partial charge in [-0.2, -0.15) is 0 Å². The lowest BCUT2D eigenvalue weighted by Gasteiger charge is -2.43. The summed E-state index contributed by atoms with van der Waals surface area (Å²) in [5, 5.41) is 6.43. The van der Waals surface area contributed by atoms with Crippen molar-refractivity contribution in [2.24, 2.45) is 0 Å². The number of nitrogens with one attached hydrogen (secondary N) is 2. The Morgan fingerprint density at radius 1 is 0.881 bits per heavy atom. The third kappa shape index (κ3) is 6.69. The molecule has 0 spiro atoms. The predicted molar refractivity (Wildman–Crippen MR) is 172 cm³/mol. The molecule has 0 bridgehead atoms. The molecule has 0 aliphatic carbocycles. The Balaban J connectivity index is 1.59. The van der Waals surface area contributed by atoms with Gasteiger partial charge in [0.1, 0.15) is 17.2 Å². The number of methoxy groups -OCH3 is 3. The fourth-order valence-corrected chi connectivity index (χ4v) is 5.91. The molecule has 2 amide bonds. The lowest BCUT2D eigenvalue weighted by Crippen LogP contribution is -2.49. The van der Waals surface area contributed by atoms with E-state index in [9.17, 15) is 4.79 Å². The third-order valence-electron chi connectivity index (χ3n) is 8.42. The summed E-state index contributed by atoms with van der Waals surface area (Å²) in [4.78, 5) is 15.8. The minimum absolute atomic E-state index is 0.211. The average Bonchev–Trinajstić information content (AvgIpc) is 3.00. The molecule has 1 aliphatic heterocycles. The molecule has 8 nitrogen and oxygen atoms in total. The van der Waals surface area contributed by atoms with E-state index in [0.29, 0.717) is 12.2 Å². The van der Waals surface area contributed by atoms with Gasteiger partial charge in [0.05, 0.1) is 27.0 Å².